The maximum Gasteiger partial charge on any atom is 0.124 e. The second-order valence-corrected chi connectivity index (χ2v) is 7.92. The summed E-state index contributed by atoms with van der Waals surface area (Å²) in [5, 5.41) is 3.55. The van der Waals surface area contributed by atoms with Crippen molar-refractivity contribution in [3.8, 4) is 11.5 Å². The highest BCUT2D eigenvalue weighted by Crippen LogP contribution is 2.22. The van der Waals surface area contributed by atoms with E-state index in [2.05, 4.69) is 14.8 Å². The lowest BCUT2D eigenvalue weighted by Crippen LogP contribution is -2.35. The summed E-state index contributed by atoms with van der Waals surface area (Å²) in [6.07, 6.45) is 3.98. The highest BCUT2D eigenvalue weighted by atomic mass is 19.1. The van der Waals surface area contributed by atoms with E-state index < -0.39 is 0 Å². The fraction of sp³-hybridized carbons (Fsp3) is 0.458. The smallest absolute Gasteiger partial charge is 0.124 e. The van der Waals surface area contributed by atoms with Crippen molar-refractivity contribution >= 4 is 11.0 Å². The van der Waals surface area contributed by atoms with Crippen LogP contribution >= 0.6 is 0 Å². The Bertz CT molecular complexity index is 968. The molecule has 1 N–H and O–H groups in total. The van der Waals surface area contributed by atoms with Crippen molar-refractivity contribution in [2.24, 2.45) is 0 Å². The number of imidazole rings is 1. The average molecular weight is 427 g/mol. The first kappa shape index (κ1) is 21.6. The van der Waals surface area contributed by atoms with Crippen LogP contribution in [0, 0.1) is 5.82 Å². The molecule has 3 aromatic rings. The van der Waals surface area contributed by atoms with Crippen LogP contribution in [0.15, 0.2) is 42.5 Å². The highest BCUT2D eigenvalue weighted by Gasteiger charge is 2.13. The van der Waals surface area contributed by atoms with Gasteiger partial charge in [0.25, 0.3) is 0 Å². The van der Waals surface area contributed by atoms with Crippen molar-refractivity contribution in [1.82, 2.24) is 19.8 Å². The molecule has 166 valence electrons. The number of rotatable bonds is 10. The number of fused-ring (bicyclic) bond motifs is 1. The van der Waals surface area contributed by atoms with Gasteiger partial charge in [0.15, 0.2) is 0 Å². The van der Waals surface area contributed by atoms with Gasteiger partial charge in [-0.05, 0) is 62.3 Å². The van der Waals surface area contributed by atoms with E-state index in [0.717, 1.165) is 35.7 Å². The van der Waals surface area contributed by atoms with Gasteiger partial charge in [0.05, 0.1) is 31.2 Å². The molecule has 0 spiro atoms. The third kappa shape index (κ3) is 5.74. The molecule has 0 saturated carbocycles. The molecule has 1 aromatic heterocycles. The van der Waals surface area contributed by atoms with Crippen molar-refractivity contribution in [2.45, 2.75) is 32.4 Å². The average Bonchev–Trinajstić information content (AvgIpc) is 3.15. The maximum atomic E-state index is 13.1. The van der Waals surface area contributed by atoms with Gasteiger partial charge >= 0.3 is 0 Å². The summed E-state index contributed by atoms with van der Waals surface area (Å²) in [5.41, 5.74) is 1.96. The van der Waals surface area contributed by atoms with Crippen molar-refractivity contribution in [2.75, 3.05) is 39.9 Å². The molecule has 31 heavy (non-hydrogen) atoms. The number of benzene rings is 2. The summed E-state index contributed by atoms with van der Waals surface area (Å²) in [5.74, 6) is 2.17. The first-order valence-electron chi connectivity index (χ1n) is 11.1. The maximum absolute atomic E-state index is 13.1. The molecule has 7 heteroatoms. The summed E-state index contributed by atoms with van der Waals surface area (Å²) in [6, 6.07) is 12.1. The molecule has 0 atom stereocenters. The number of halogens is 1. The summed E-state index contributed by atoms with van der Waals surface area (Å²) >= 11 is 0. The van der Waals surface area contributed by atoms with Gasteiger partial charge < -0.3 is 24.3 Å². The fourth-order valence-corrected chi connectivity index (χ4v) is 4.08. The second-order valence-electron chi connectivity index (χ2n) is 7.92. The molecule has 1 fully saturated rings. The number of nitrogens with one attached hydrogen (secondary N) is 1. The fourth-order valence-electron chi connectivity index (χ4n) is 4.08. The molecule has 0 bridgehead atoms. The van der Waals surface area contributed by atoms with E-state index >= 15 is 0 Å². The summed E-state index contributed by atoms with van der Waals surface area (Å²) < 4.78 is 26.5. The van der Waals surface area contributed by atoms with E-state index in [1.807, 2.05) is 18.2 Å². The lowest BCUT2D eigenvalue weighted by Gasteiger charge is -2.26. The topological polar surface area (TPSA) is 51.5 Å². The van der Waals surface area contributed by atoms with Gasteiger partial charge in [-0.15, -0.1) is 0 Å². The van der Waals surface area contributed by atoms with E-state index in [-0.39, 0.29) is 5.82 Å². The molecule has 0 aliphatic carbocycles. The number of hydrogen-bond acceptors (Lipinski definition) is 5. The highest BCUT2D eigenvalue weighted by molar-refractivity contribution is 5.77. The number of aromatic nitrogens is 2. The van der Waals surface area contributed by atoms with Crippen molar-refractivity contribution in [3.05, 3.63) is 54.1 Å². The van der Waals surface area contributed by atoms with E-state index in [4.69, 9.17) is 14.5 Å². The molecule has 2 aromatic carbocycles. The predicted octanol–water partition coefficient (Wildman–Crippen LogP) is 3.84. The molecule has 6 nitrogen and oxygen atoms in total. The Kier molecular flexibility index (Phi) is 7.38. The Labute approximate surface area is 183 Å². The third-order valence-electron chi connectivity index (χ3n) is 5.77. The van der Waals surface area contributed by atoms with E-state index in [0.29, 0.717) is 25.4 Å². The minimum atomic E-state index is -0.264. The first-order chi connectivity index (χ1) is 15.2. The normalized spacial score (nSPS) is 14.8. The van der Waals surface area contributed by atoms with Crippen LogP contribution in [0.3, 0.4) is 0 Å². The molecule has 1 aliphatic heterocycles. The summed E-state index contributed by atoms with van der Waals surface area (Å²) in [4.78, 5) is 7.37. The standard InChI is InChI=1S/C24H31FN4O2/c1-30-21-9-10-23-22(17-21)27-24(18-26-11-14-28-12-3-2-4-13-28)29(23)15-16-31-20-7-5-19(25)6-8-20/h5-10,17,26H,2-4,11-16,18H2,1H3. The minimum Gasteiger partial charge on any atom is -0.497 e. The Balaban J connectivity index is 1.40. The Hall–Kier alpha value is -2.64. The molecule has 1 aliphatic rings. The Morgan fingerprint density at radius 2 is 1.77 bits per heavy atom. The predicted molar refractivity (Wildman–Crippen MR) is 120 cm³/mol. The molecule has 1 saturated heterocycles. The molecular weight excluding hydrogens is 395 g/mol. The molecule has 0 radical (unpaired) electrons. The minimum absolute atomic E-state index is 0.264. The van der Waals surface area contributed by atoms with Gasteiger partial charge in [-0.1, -0.05) is 6.42 Å². The quantitative estimate of drug-likeness (QED) is 0.499. The molecule has 4 rings (SSSR count). The molecule has 0 unspecified atom stereocenters. The number of nitrogens with zero attached hydrogens (tertiary/aromatic N) is 3. The van der Waals surface area contributed by atoms with Crippen LogP contribution < -0.4 is 14.8 Å². The van der Waals surface area contributed by atoms with Crippen molar-refractivity contribution in [3.63, 3.8) is 0 Å². The van der Waals surface area contributed by atoms with Crippen molar-refractivity contribution < 1.29 is 13.9 Å². The third-order valence-corrected chi connectivity index (χ3v) is 5.77. The number of hydrogen-bond donors (Lipinski definition) is 1. The zero-order chi connectivity index (χ0) is 21.5. The van der Waals surface area contributed by atoms with Crippen LogP contribution in [0.25, 0.3) is 11.0 Å². The number of likely N-dealkylation sites (tertiary alicyclic amines) is 1. The van der Waals surface area contributed by atoms with E-state index in [1.165, 1.54) is 44.5 Å². The Morgan fingerprint density at radius 3 is 2.55 bits per heavy atom. The van der Waals surface area contributed by atoms with Gasteiger partial charge in [-0.25, -0.2) is 9.37 Å². The van der Waals surface area contributed by atoms with Crippen LogP contribution in [-0.4, -0.2) is 54.3 Å². The van der Waals surface area contributed by atoms with Gasteiger partial charge in [-0.2, -0.15) is 0 Å². The van der Waals surface area contributed by atoms with Gasteiger partial charge in [0.2, 0.25) is 0 Å². The van der Waals surface area contributed by atoms with Crippen LogP contribution in [0.1, 0.15) is 25.1 Å². The number of methoxy groups -OCH3 is 1. The monoisotopic (exact) mass is 426 g/mol. The number of piperidine rings is 1. The molecular formula is C24H31FN4O2. The Morgan fingerprint density at radius 1 is 1.00 bits per heavy atom. The zero-order valence-electron chi connectivity index (χ0n) is 18.1. The molecule has 0 amide bonds. The summed E-state index contributed by atoms with van der Waals surface area (Å²) in [6.45, 7) is 6.26. The lowest BCUT2D eigenvalue weighted by atomic mass is 10.1. The SMILES string of the molecule is COc1ccc2c(c1)nc(CNCCN1CCCCC1)n2CCOc1ccc(F)cc1. The van der Waals surface area contributed by atoms with Gasteiger partial charge in [0.1, 0.15) is 29.7 Å². The van der Waals surface area contributed by atoms with E-state index in [1.54, 1.807) is 19.2 Å². The lowest BCUT2D eigenvalue weighted by molar-refractivity contribution is 0.228. The van der Waals surface area contributed by atoms with Crippen LogP contribution in [0.2, 0.25) is 0 Å². The number of ether oxygens (including phenoxy) is 2. The van der Waals surface area contributed by atoms with Gasteiger partial charge in [-0.3, -0.25) is 0 Å². The second kappa shape index (κ2) is 10.6. The van der Waals surface area contributed by atoms with Gasteiger partial charge in [0, 0.05) is 19.2 Å². The van der Waals surface area contributed by atoms with Crippen LogP contribution in [-0.2, 0) is 13.1 Å². The largest absolute Gasteiger partial charge is 0.497 e. The molecule has 2 heterocycles. The van der Waals surface area contributed by atoms with E-state index in [9.17, 15) is 4.39 Å². The van der Waals surface area contributed by atoms with Crippen LogP contribution in [0.5, 0.6) is 11.5 Å². The zero-order valence-corrected chi connectivity index (χ0v) is 18.1. The van der Waals surface area contributed by atoms with Crippen molar-refractivity contribution in [1.29, 1.82) is 0 Å². The first-order valence-corrected chi connectivity index (χ1v) is 11.1. The van der Waals surface area contributed by atoms with Crippen LogP contribution in [0.4, 0.5) is 4.39 Å². The summed E-state index contributed by atoms with van der Waals surface area (Å²) in [7, 11) is 1.66.